The second-order valence-corrected chi connectivity index (χ2v) is 9.78. The summed E-state index contributed by atoms with van der Waals surface area (Å²) in [4.78, 5) is 12.0. The van der Waals surface area contributed by atoms with Gasteiger partial charge >= 0.3 is 0 Å². The number of amides is 1. The highest BCUT2D eigenvalue weighted by molar-refractivity contribution is 9.10. The van der Waals surface area contributed by atoms with Gasteiger partial charge in [-0.3, -0.25) is 4.79 Å². The number of nitrogens with zero attached hydrogens (tertiary/aromatic N) is 3. The lowest BCUT2D eigenvalue weighted by atomic mass is 10.2. The second-order valence-electron chi connectivity index (χ2n) is 6.46. The average molecular weight is 551 g/mol. The van der Waals surface area contributed by atoms with Crippen molar-refractivity contribution in [2.45, 2.75) is 18.2 Å². The van der Waals surface area contributed by atoms with Crippen LogP contribution < -0.4 is 19.6 Å². The first-order valence-electron chi connectivity index (χ1n) is 10.1. The predicted molar refractivity (Wildman–Crippen MR) is 134 cm³/mol. The molecule has 0 aliphatic heterocycles. The van der Waals surface area contributed by atoms with Crippen molar-refractivity contribution < 1.29 is 19.0 Å². The molecule has 33 heavy (non-hydrogen) atoms. The number of thioether (sulfide) groups is 1. The van der Waals surface area contributed by atoms with Crippen LogP contribution in [0, 0.1) is 6.92 Å². The van der Waals surface area contributed by atoms with E-state index in [9.17, 15) is 4.79 Å². The van der Waals surface area contributed by atoms with E-state index in [2.05, 4.69) is 36.7 Å². The summed E-state index contributed by atoms with van der Waals surface area (Å²) in [6, 6.07) is 13.1. The third-order valence-corrected chi connectivity index (χ3v) is 6.43. The molecule has 0 aliphatic rings. The third kappa shape index (κ3) is 8.67. The van der Waals surface area contributed by atoms with Gasteiger partial charge in [-0.15, -0.1) is 10.2 Å². The van der Waals surface area contributed by atoms with E-state index in [4.69, 9.17) is 14.2 Å². The van der Waals surface area contributed by atoms with Crippen molar-refractivity contribution in [2.75, 3.05) is 25.6 Å². The lowest BCUT2D eigenvalue weighted by Crippen LogP contribution is -2.19. The molecule has 1 heterocycles. The summed E-state index contributed by atoms with van der Waals surface area (Å²) in [5, 5.41) is 12.8. The highest BCUT2D eigenvalue weighted by Gasteiger charge is 2.08. The van der Waals surface area contributed by atoms with Crippen LogP contribution in [-0.2, 0) is 4.79 Å². The first kappa shape index (κ1) is 25.0. The Morgan fingerprint density at radius 2 is 1.91 bits per heavy atom. The van der Waals surface area contributed by atoms with Crippen molar-refractivity contribution >= 4 is 51.2 Å². The summed E-state index contributed by atoms with van der Waals surface area (Å²) in [7, 11) is 0. The van der Waals surface area contributed by atoms with Gasteiger partial charge in [0.05, 0.1) is 18.6 Å². The zero-order valence-corrected chi connectivity index (χ0v) is 21.3. The van der Waals surface area contributed by atoms with Crippen LogP contribution in [0.2, 0.25) is 0 Å². The van der Waals surface area contributed by atoms with Crippen LogP contribution in [0.1, 0.15) is 17.5 Å². The van der Waals surface area contributed by atoms with Crippen molar-refractivity contribution in [3.8, 4) is 17.2 Å². The summed E-state index contributed by atoms with van der Waals surface area (Å²) in [6.07, 6.45) is 1.56. The largest absolute Gasteiger partial charge is 0.490 e. The molecule has 3 aromatic rings. The minimum atomic E-state index is -0.222. The number of ether oxygens (including phenoxy) is 3. The van der Waals surface area contributed by atoms with Crippen molar-refractivity contribution in [3.05, 3.63) is 57.5 Å². The van der Waals surface area contributed by atoms with E-state index in [1.165, 1.54) is 23.1 Å². The lowest BCUT2D eigenvalue weighted by Gasteiger charge is -2.13. The second kappa shape index (κ2) is 13.2. The van der Waals surface area contributed by atoms with Crippen molar-refractivity contribution in [1.82, 2.24) is 15.6 Å². The number of hydrazone groups is 1. The van der Waals surface area contributed by atoms with Gasteiger partial charge in [0.2, 0.25) is 0 Å². The van der Waals surface area contributed by atoms with E-state index >= 15 is 0 Å². The molecule has 2 aromatic carbocycles. The molecule has 0 radical (unpaired) electrons. The quantitative estimate of drug-likeness (QED) is 0.151. The molecule has 11 heteroatoms. The topological polar surface area (TPSA) is 94.9 Å². The van der Waals surface area contributed by atoms with Crippen LogP contribution in [0.3, 0.4) is 0 Å². The van der Waals surface area contributed by atoms with Gasteiger partial charge in [-0.25, -0.2) is 5.43 Å². The molecule has 1 aromatic heterocycles. The van der Waals surface area contributed by atoms with E-state index in [1.807, 2.05) is 50.2 Å². The fourth-order valence-electron chi connectivity index (χ4n) is 2.51. The lowest BCUT2D eigenvalue weighted by molar-refractivity contribution is -0.118. The normalized spacial score (nSPS) is 10.9. The Balaban J connectivity index is 1.47. The minimum Gasteiger partial charge on any atom is -0.490 e. The third-order valence-electron chi connectivity index (χ3n) is 3.93. The van der Waals surface area contributed by atoms with Gasteiger partial charge in [-0.1, -0.05) is 39.0 Å². The molecule has 0 bridgehead atoms. The molecule has 0 unspecified atom stereocenters. The molecule has 0 aliphatic carbocycles. The molecular weight excluding hydrogens is 528 g/mol. The molecule has 0 atom stereocenters. The number of nitrogens with one attached hydrogen (secondary N) is 1. The Bertz CT molecular complexity index is 1080. The number of hydrogen-bond donors (Lipinski definition) is 1. The smallest absolute Gasteiger partial charge is 0.250 e. The average Bonchev–Trinajstić information content (AvgIpc) is 3.23. The Morgan fingerprint density at radius 3 is 2.64 bits per heavy atom. The molecule has 0 fully saturated rings. The summed E-state index contributed by atoms with van der Waals surface area (Å²) in [6.45, 7) is 5.03. The number of rotatable bonds is 12. The molecular formula is C22H23BrN4O4S2. The number of aryl methyl sites for hydroxylation is 1. The van der Waals surface area contributed by atoms with Crippen LogP contribution >= 0.6 is 39.0 Å². The first-order chi connectivity index (χ1) is 16.0. The SMILES string of the molecule is CCOc1cc(C=NNC(=O)CSc2nnc(C)s2)ccc1OCCOc1ccc(Br)cc1. The van der Waals surface area contributed by atoms with Crippen LogP contribution in [0.25, 0.3) is 0 Å². The van der Waals surface area contributed by atoms with E-state index in [1.54, 1.807) is 12.3 Å². The molecule has 8 nitrogen and oxygen atoms in total. The van der Waals surface area contributed by atoms with Crippen LogP contribution in [0.5, 0.6) is 17.2 Å². The molecule has 1 N–H and O–H groups in total. The predicted octanol–water partition coefficient (Wildman–Crippen LogP) is 4.71. The molecule has 0 spiro atoms. The Hall–Kier alpha value is -2.63. The van der Waals surface area contributed by atoms with Gasteiger partial charge in [0, 0.05) is 4.47 Å². The highest BCUT2D eigenvalue weighted by atomic mass is 79.9. The summed E-state index contributed by atoms with van der Waals surface area (Å²) in [5.41, 5.74) is 3.28. The van der Waals surface area contributed by atoms with Crippen molar-refractivity contribution in [2.24, 2.45) is 5.10 Å². The Kier molecular flexibility index (Phi) is 9.98. The first-order valence-corrected chi connectivity index (χ1v) is 12.7. The fraction of sp³-hybridized carbons (Fsp3) is 0.273. The van der Waals surface area contributed by atoms with E-state index < -0.39 is 0 Å². The van der Waals surface area contributed by atoms with Crippen LogP contribution in [0.15, 0.2) is 56.4 Å². The van der Waals surface area contributed by atoms with E-state index in [0.717, 1.165) is 25.1 Å². The van der Waals surface area contributed by atoms with Gasteiger partial charge in [-0.05, 0) is 61.9 Å². The summed E-state index contributed by atoms with van der Waals surface area (Å²) < 4.78 is 18.9. The zero-order chi connectivity index (χ0) is 23.5. The molecule has 1 amide bonds. The van der Waals surface area contributed by atoms with Gasteiger partial charge in [0.25, 0.3) is 5.91 Å². The molecule has 0 saturated carbocycles. The van der Waals surface area contributed by atoms with Gasteiger partial charge in [-0.2, -0.15) is 5.10 Å². The van der Waals surface area contributed by atoms with Crippen molar-refractivity contribution in [1.29, 1.82) is 0 Å². The van der Waals surface area contributed by atoms with Crippen molar-refractivity contribution in [3.63, 3.8) is 0 Å². The number of carbonyl (C=O) groups is 1. The number of benzene rings is 2. The maximum absolute atomic E-state index is 12.0. The van der Waals surface area contributed by atoms with E-state index in [-0.39, 0.29) is 11.7 Å². The zero-order valence-electron chi connectivity index (χ0n) is 18.1. The molecule has 3 rings (SSSR count). The van der Waals surface area contributed by atoms with Gasteiger partial charge in [0.15, 0.2) is 15.8 Å². The van der Waals surface area contributed by atoms with Gasteiger partial charge in [0.1, 0.15) is 24.0 Å². The minimum absolute atomic E-state index is 0.214. The maximum Gasteiger partial charge on any atom is 0.250 e. The standard InChI is InChI=1S/C22H23BrN4O4S2/c1-3-29-20-12-16(13-24-26-21(28)14-32-22-27-25-15(2)33-22)4-9-19(20)31-11-10-30-18-7-5-17(23)6-8-18/h4-9,12-13H,3,10-11,14H2,1-2H3,(H,26,28). The number of hydrogen-bond acceptors (Lipinski definition) is 9. The van der Waals surface area contributed by atoms with E-state index in [0.29, 0.717) is 31.3 Å². The number of halogens is 1. The highest BCUT2D eigenvalue weighted by Crippen LogP contribution is 2.28. The van der Waals surface area contributed by atoms with Crippen LogP contribution in [0.4, 0.5) is 0 Å². The summed E-state index contributed by atoms with van der Waals surface area (Å²) >= 11 is 6.17. The number of carbonyl (C=O) groups excluding carboxylic acids is 1. The fourth-order valence-corrected chi connectivity index (χ4v) is 4.38. The molecule has 174 valence electrons. The van der Waals surface area contributed by atoms with Gasteiger partial charge < -0.3 is 14.2 Å². The molecule has 0 saturated heterocycles. The Labute approximate surface area is 208 Å². The van der Waals surface area contributed by atoms with Crippen LogP contribution in [-0.4, -0.2) is 47.9 Å². The Morgan fingerprint density at radius 1 is 1.12 bits per heavy atom. The number of aromatic nitrogens is 2. The maximum atomic E-state index is 12.0. The monoisotopic (exact) mass is 550 g/mol. The summed E-state index contributed by atoms with van der Waals surface area (Å²) in [5.74, 6) is 1.97.